The first-order valence-electron chi connectivity index (χ1n) is 4.85. The van der Waals surface area contributed by atoms with Gasteiger partial charge in [-0.15, -0.1) is 0 Å². The SMILES string of the molecule is COc1cc2c(cc1CO)CCNC2. The first-order valence-corrected chi connectivity index (χ1v) is 4.85. The van der Waals surface area contributed by atoms with E-state index < -0.39 is 0 Å². The van der Waals surface area contributed by atoms with Gasteiger partial charge in [0.15, 0.2) is 0 Å². The topological polar surface area (TPSA) is 41.5 Å². The van der Waals surface area contributed by atoms with E-state index in [2.05, 4.69) is 11.4 Å². The average Bonchev–Trinajstić information content (AvgIpc) is 2.27. The Morgan fingerprint density at radius 1 is 1.43 bits per heavy atom. The maximum absolute atomic E-state index is 9.16. The van der Waals surface area contributed by atoms with E-state index in [9.17, 15) is 0 Å². The van der Waals surface area contributed by atoms with Crippen molar-refractivity contribution in [2.24, 2.45) is 0 Å². The summed E-state index contributed by atoms with van der Waals surface area (Å²) in [6.45, 7) is 1.96. The summed E-state index contributed by atoms with van der Waals surface area (Å²) in [5, 5.41) is 12.5. The molecule has 1 aliphatic rings. The van der Waals surface area contributed by atoms with Gasteiger partial charge in [-0.2, -0.15) is 0 Å². The highest BCUT2D eigenvalue weighted by molar-refractivity contribution is 5.43. The Labute approximate surface area is 83.7 Å². The van der Waals surface area contributed by atoms with Gasteiger partial charge < -0.3 is 15.2 Å². The summed E-state index contributed by atoms with van der Waals surface area (Å²) >= 11 is 0. The van der Waals surface area contributed by atoms with Crippen LogP contribution in [0.25, 0.3) is 0 Å². The van der Waals surface area contributed by atoms with Gasteiger partial charge in [0.25, 0.3) is 0 Å². The van der Waals surface area contributed by atoms with Crippen molar-refractivity contribution in [3.05, 3.63) is 28.8 Å². The molecule has 2 N–H and O–H groups in total. The fourth-order valence-electron chi connectivity index (χ4n) is 1.87. The molecule has 1 aromatic rings. The van der Waals surface area contributed by atoms with Crippen molar-refractivity contribution < 1.29 is 9.84 Å². The van der Waals surface area contributed by atoms with E-state index in [1.807, 2.05) is 6.07 Å². The van der Waals surface area contributed by atoms with Gasteiger partial charge >= 0.3 is 0 Å². The van der Waals surface area contributed by atoms with Crippen LogP contribution in [-0.2, 0) is 19.6 Å². The summed E-state index contributed by atoms with van der Waals surface area (Å²) in [4.78, 5) is 0. The van der Waals surface area contributed by atoms with Crippen LogP contribution in [-0.4, -0.2) is 18.8 Å². The van der Waals surface area contributed by atoms with Crippen LogP contribution in [0.3, 0.4) is 0 Å². The molecule has 76 valence electrons. The molecule has 2 rings (SSSR count). The molecule has 1 heterocycles. The lowest BCUT2D eigenvalue weighted by Crippen LogP contribution is -2.23. The summed E-state index contributed by atoms with van der Waals surface area (Å²) in [6.07, 6.45) is 1.03. The van der Waals surface area contributed by atoms with Crippen molar-refractivity contribution in [1.29, 1.82) is 0 Å². The van der Waals surface area contributed by atoms with Gasteiger partial charge in [0, 0.05) is 12.1 Å². The second-order valence-electron chi connectivity index (χ2n) is 3.52. The van der Waals surface area contributed by atoms with E-state index in [1.54, 1.807) is 7.11 Å². The Morgan fingerprint density at radius 2 is 2.29 bits per heavy atom. The largest absolute Gasteiger partial charge is 0.496 e. The second kappa shape index (κ2) is 3.98. The van der Waals surface area contributed by atoms with Crippen LogP contribution in [0.2, 0.25) is 0 Å². The average molecular weight is 193 g/mol. The van der Waals surface area contributed by atoms with Crippen molar-refractivity contribution in [1.82, 2.24) is 5.32 Å². The van der Waals surface area contributed by atoms with Crippen molar-refractivity contribution in [2.45, 2.75) is 19.6 Å². The number of fused-ring (bicyclic) bond motifs is 1. The molecule has 14 heavy (non-hydrogen) atoms. The van der Waals surface area contributed by atoms with Gasteiger partial charge in [0.1, 0.15) is 5.75 Å². The van der Waals surface area contributed by atoms with E-state index in [4.69, 9.17) is 9.84 Å². The number of nitrogens with one attached hydrogen (secondary N) is 1. The molecule has 0 unspecified atom stereocenters. The van der Waals surface area contributed by atoms with E-state index in [0.29, 0.717) is 0 Å². The minimum absolute atomic E-state index is 0.0455. The molecule has 0 bridgehead atoms. The third-order valence-corrected chi connectivity index (χ3v) is 2.66. The quantitative estimate of drug-likeness (QED) is 0.731. The van der Waals surface area contributed by atoms with Crippen LogP contribution in [0.4, 0.5) is 0 Å². The maximum Gasteiger partial charge on any atom is 0.124 e. The fourth-order valence-corrected chi connectivity index (χ4v) is 1.87. The van der Waals surface area contributed by atoms with Gasteiger partial charge in [-0.05, 0) is 36.2 Å². The van der Waals surface area contributed by atoms with Gasteiger partial charge in [0.05, 0.1) is 13.7 Å². The van der Waals surface area contributed by atoms with Gasteiger partial charge in [-0.3, -0.25) is 0 Å². The zero-order valence-electron chi connectivity index (χ0n) is 8.34. The third kappa shape index (κ3) is 1.61. The molecule has 0 aromatic heterocycles. The minimum Gasteiger partial charge on any atom is -0.496 e. The minimum atomic E-state index is 0.0455. The summed E-state index contributed by atoms with van der Waals surface area (Å²) in [5.74, 6) is 0.787. The van der Waals surface area contributed by atoms with Crippen LogP contribution in [0.1, 0.15) is 16.7 Å². The van der Waals surface area contributed by atoms with Gasteiger partial charge in [-0.1, -0.05) is 0 Å². The van der Waals surface area contributed by atoms with E-state index >= 15 is 0 Å². The molecule has 3 heteroatoms. The van der Waals surface area contributed by atoms with E-state index in [-0.39, 0.29) is 6.61 Å². The molecule has 1 aromatic carbocycles. The lowest BCUT2D eigenvalue weighted by atomic mass is 9.98. The number of aliphatic hydroxyl groups excluding tert-OH is 1. The lowest BCUT2D eigenvalue weighted by Gasteiger charge is -2.19. The summed E-state index contributed by atoms with van der Waals surface area (Å²) < 4.78 is 5.21. The maximum atomic E-state index is 9.16. The molecule has 0 spiro atoms. The van der Waals surface area contributed by atoms with Crippen molar-refractivity contribution in [3.8, 4) is 5.75 Å². The summed E-state index contributed by atoms with van der Waals surface area (Å²) in [5.41, 5.74) is 3.49. The number of benzene rings is 1. The fraction of sp³-hybridized carbons (Fsp3) is 0.455. The number of rotatable bonds is 2. The first-order chi connectivity index (χ1) is 6.85. The molecular formula is C11H15NO2. The standard InChI is InChI=1S/C11H15NO2/c1-14-11-5-9-6-12-3-2-8(9)4-10(11)7-13/h4-5,12-13H,2-3,6-7H2,1H3. The normalized spacial score (nSPS) is 15.0. The zero-order valence-corrected chi connectivity index (χ0v) is 8.34. The van der Waals surface area contributed by atoms with Crippen molar-refractivity contribution in [3.63, 3.8) is 0 Å². The number of ether oxygens (including phenoxy) is 1. The molecule has 3 nitrogen and oxygen atoms in total. The smallest absolute Gasteiger partial charge is 0.124 e. The third-order valence-electron chi connectivity index (χ3n) is 2.66. The van der Waals surface area contributed by atoms with Crippen LogP contribution in [0.15, 0.2) is 12.1 Å². The number of aliphatic hydroxyl groups is 1. The van der Waals surface area contributed by atoms with Crippen LogP contribution in [0, 0.1) is 0 Å². The highest BCUT2D eigenvalue weighted by Crippen LogP contribution is 2.25. The van der Waals surface area contributed by atoms with Crippen molar-refractivity contribution in [2.75, 3.05) is 13.7 Å². The summed E-state index contributed by atoms with van der Waals surface area (Å²) in [7, 11) is 1.64. The Bertz CT molecular complexity index is 292. The Hall–Kier alpha value is -1.06. The summed E-state index contributed by atoms with van der Waals surface area (Å²) in [6, 6.07) is 4.07. The Morgan fingerprint density at radius 3 is 3.00 bits per heavy atom. The molecule has 0 saturated heterocycles. The van der Waals surface area contributed by atoms with Gasteiger partial charge in [0.2, 0.25) is 0 Å². The van der Waals surface area contributed by atoms with Crippen LogP contribution in [0.5, 0.6) is 5.75 Å². The number of methoxy groups -OCH3 is 1. The number of hydrogen-bond acceptors (Lipinski definition) is 3. The van der Waals surface area contributed by atoms with Crippen LogP contribution < -0.4 is 10.1 Å². The number of hydrogen-bond donors (Lipinski definition) is 2. The van der Waals surface area contributed by atoms with Crippen LogP contribution >= 0.6 is 0 Å². The predicted octanol–water partition coefficient (Wildman–Crippen LogP) is 0.833. The predicted molar refractivity (Wildman–Crippen MR) is 54.3 cm³/mol. The lowest BCUT2D eigenvalue weighted by molar-refractivity contribution is 0.273. The van der Waals surface area contributed by atoms with E-state index in [1.165, 1.54) is 11.1 Å². The highest BCUT2D eigenvalue weighted by atomic mass is 16.5. The monoisotopic (exact) mass is 193 g/mol. The van der Waals surface area contributed by atoms with Crippen molar-refractivity contribution >= 4 is 0 Å². The molecule has 0 aliphatic carbocycles. The molecule has 0 radical (unpaired) electrons. The molecule has 0 fully saturated rings. The Kier molecular flexibility index (Phi) is 2.70. The zero-order chi connectivity index (χ0) is 9.97. The van der Waals surface area contributed by atoms with E-state index in [0.717, 1.165) is 30.8 Å². The molecule has 0 saturated carbocycles. The molecular weight excluding hydrogens is 178 g/mol. The van der Waals surface area contributed by atoms with Gasteiger partial charge in [-0.25, -0.2) is 0 Å². The molecule has 0 amide bonds. The molecule has 0 atom stereocenters. The Balaban J connectivity index is 2.43. The second-order valence-corrected chi connectivity index (χ2v) is 3.52. The highest BCUT2D eigenvalue weighted by Gasteiger charge is 2.12. The first kappa shape index (κ1) is 9.49. The molecule has 1 aliphatic heterocycles.